The average molecular weight is 287 g/mol. The van der Waals surface area contributed by atoms with E-state index in [9.17, 15) is 4.39 Å². The Morgan fingerprint density at radius 3 is 2.38 bits per heavy atom. The number of nitrogens with zero attached hydrogens (tertiary/aromatic N) is 1. The van der Waals surface area contributed by atoms with Crippen molar-refractivity contribution in [2.45, 2.75) is 20.0 Å². The van der Waals surface area contributed by atoms with Crippen LogP contribution in [0.25, 0.3) is 0 Å². The van der Waals surface area contributed by atoms with Crippen molar-refractivity contribution >= 4 is 0 Å². The molecule has 0 saturated heterocycles. The van der Waals surface area contributed by atoms with E-state index in [0.717, 1.165) is 36.7 Å². The van der Waals surface area contributed by atoms with Crippen molar-refractivity contribution in [3.8, 4) is 11.5 Å². The van der Waals surface area contributed by atoms with Crippen molar-refractivity contribution in [2.24, 2.45) is 0 Å². The molecule has 0 bridgehead atoms. The zero-order valence-corrected chi connectivity index (χ0v) is 12.0. The van der Waals surface area contributed by atoms with Gasteiger partial charge in [0.2, 0.25) is 6.79 Å². The fourth-order valence-electron chi connectivity index (χ4n) is 2.43. The summed E-state index contributed by atoms with van der Waals surface area (Å²) in [7, 11) is 0. The molecule has 2 aromatic rings. The Kier molecular flexibility index (Phi) is 4.06. The maximum absolute atomic E-state index is 12.9. The van der Waals surface area contributed by atoms with Gasteiger partial charge in [-0.15, -0.1) is 0 Å². The van der Waals surface area contributed by atoms with Crippen LogP contribution in [0.5, 0.6) is 11.5 Å². The Morgan fingerprint density at radius 2 is 1.62 bits per heavy atom. The van der Waals surface area contributed by atoms with Crippen LogP contribution in [0.15, 0.2) is 42.5 Å². The number of rotatable bonds is 5. The van der Waals surface area contributed by atoms with Gasteiger partial charge < -0.3 is 9.47 Å². The number of fused-ring (bicyclic) bond motifs is 1. The number of hydrogen-bond acceptors (Lipinski definition) is 3. The molecule has 2 aromatic carbocycles. The van der Waals surface area contributed by atoms with E-state index in [4.69, 9.17) is 9.47 Å². The molecule has 0 N–H and O–H groups in total. The second-order valence-corrected chi connectivity index (χ2v) is 5.12. The Labute approximate surface area is 123 Å². The normalized spacial score (nSPS) is 12.9. The van der Waals surface area contributed by atoms with Gasteiger partial charge in [0.05, 0.1) is 0 Å². The summed E-state index contributed by atoms with van der Waals surface area (Å²) in [6.45, 7) is 4.96. The molecule has 3 rings (SSSR count). The summed E-state index contributed by atoms with van der Waals surface area (Å²) in [6.07, 6.45) is 0. The van der Waals surface area contributed by atoms with Crippen LogP contribution in [-0.4, -0.2) is 18.2 Å². The first-order valence-electron chi connectivity index (χ1n) is 7.10. The van der Waals surface area contributed by atoms with Crippen LogP contribution in [0, 0.1) is 5.82 Å². The first-order chi connectivity index (χ1) is 10.2. The van der Waals surface area contributed by atoms with Gasteiger partial charge in [0.1, 0.15) is 5.82 Å². The van der Waals surface area contributed by atoms with Crippen molar-refractivity contribution in [1.29, 1.82) is 0 Å². The molecule has 0 aromatic heterocycles. The molecule has 0 fully saturated rings. The molecule has 0 amide bonds. The summed E-state index contributed by atoms with van der Waals surface area (Å²) in [5.41, 5.74) is 2.29. The van der Waals surface area contributed by atoms with Gasteiger partial charge in [-0.2, -0.15) is 0 Å². The summed E-state index contributed by atoms with van der Waals surface area (Å²) in [5, 5.41) is 0. The van der Waals surface area contributed by atoms with Crippen LogP contribution in [0.2, 0.25) is 0 Å². The van der Waals surface area contributed by atoms with E-state index in [1.807, 2.05) is 24.3 Å². The van der Waals surface area contributed by atoms with Gasteiger partial charge in [-0.05, 0) is 41.9 Å². The van der Waals surface area contributed by atoms with Crippen molar-refractivity contribution in [3.63, 3.8) is 0 Å². The lowest BCUT2D eigenvalue weighted by atomic mass is 10.1. The first-order valence-corrected chi connectivity index (χ1v) is 7.10. The third-order valence-electron chi connectivity index (χ3n) is 3.61. The predicted octanol–water partition coefficient (Wildman–Crippen LogP) is 3.58. The molecule has 1 aliphatic heterocycles. The lowest BCUT2D eigenvalue weighted by molar-refractivity contribution is 0.174. The van der Waals surface area contributed by atoms with Crippen LogP contribution in [0.1, 0.15) is 18.1 Å². The SMILES string of the molecule is CCN(Cc1ccc(F)cc1)Cc1ccc2c(c1)OCO2. The summed E-state index contributed by atoms with van der Waals surface area (Å²) in [5.74, 6) is 1.42. The van der Waals surface area contributed by atoms with Gasteiger partial charge in [0.25, 0.3) is 0 Å². The highest BCUT2D eigenvalue weighted by Crippen LogP contribution is 2.32. The highest BCUT2D eigenvalue weighted by Gasteiger charge is 2.14. The van der Waals surface area contributed by atoms with E-state index in [1.165, 1.54) is 17.7 Å². The van der Waals surface area contributed by atoms with Gasteiger partial charge >= 0.3 is 0 Å². The summed E-state index contributed by atoms with van der Waals surface area (Å²) < 4.78 is 23.7. The maximum atomic E-state index is 12.9. The Hall–Kier alpha value is -2.07. The molecular formula is C17H18FNO2. The second-order valence-electron chi connectivity index (χ2n) is 5.12. The molecule has 0 unspecified atom stereocenters. The van der Waals surface area contributed by atoms with Gasteiger partial charge in [0, 0.05) is 13.1 Å². The molecule has 4 heteroatoms. The van der Waals surface area contributed by atoms with Crippen molar-refractivity contribution < 1.29 is 13.9 Å². The van der Waals surface area contributed by atoms with Crippen LogP contribution >= 0.6 is 0 Å². The lowest BCUT2D eigenvalue weighted by Gasteiger charge is -2.20. The van der Waals surface area contributed by atoms with Crippen LogP contribution in [0.4, 0.5) is 4.39 Å². The van der Waals surface area contributed by atoms with Crippen molar-refractivity contribution in [2.75, 3.05) is 13.3 Å². The van der Waals surface area contributed by atoms with Crippen LogP contribution in [-0.2, 0) is 13.1 Å². The van der Waals surface area contributed by atoms with Gasteiger partial charge in [0.15, 0.2) is 11.5 Å². The fraction of sp³-hybridized carbons (Fsp3) is 0.294. The number of benzene rings is 2. The number of halogens is 1. The minimum absolute atomic E-state index is 0.197. The third-order valence-corrected chi connectivity index (χ3v) is 3.61. The Bertz CT molecular complexity index is 613. The Balaban J connectivity index is 1.68. The molecule has 110 valence electrons. The Morgan fingerprint density at radius 1 is 0.952 bits per heavy atom. The first kappa shape index (κ1) is 13.9. The lowest BCUT2D eigenvalue weighted by Crippen LogP contribution is -2.22. The van der Waals surface area contributed by atoms with Crippen LogP contribution in [0.3, 0.4) is 0 Å². The fourth-order valence-corrected chi connectivity index (χ4v) is 2.43. The van der Waals surface area contributed by atoms with E-state index in [-0.39, 0.29) is 5.82 Å². The molecule has 0 atom stereocenters. The van der Waals surface area contributed by atoms with Crippen molar-refractivity contribution in [3.05, 3.63) is 59.4 Å². The monoisotopic (exact) mass is 287 g/mol. The van der Waals surface area contributed by atoms with Gasteiger partial charge in [-0.3, -0.25) is 4.90 Å². The van der Waals surface area contributed by atoms with Crippen LogP contribution < -0.4 is 9.47 Å². The summed E-state index contributed by atoms with van der Waals surface area (Å²) in [4.78, 5) is 2.30. The zero-order chi connectivity index (χ0) is 14.7. The van der Waals surface area contributed by atoms with E-state index in [0.29, 0.717) is 6.79 Å². The standard InChI is InChI=1S/C17H18FNO2/c1-2-19(10-13-3-6-15(18)7-4-13)11-14-5-8-16-17(9-14)21-12-20-16/h3-9H,2,10-12H2,1H3. The number of hydrogen-bond donors (Lipinski definition) is 0. The van der Waals surface area contributed by atoms with E-state index < -0.39 is 0 Å². The molecule has 0 aliphatic carbocycles. The average Bonchev–Trinajstić information content (AvgIpc) is 2.96. The summed E-state index contributed by atoms with van der Waals surface area (Å²) in [6, 6.07) is 12.7. The number of ether oxygens (including phenoxy) is 2. The molecule has 0 radical (unpaired) electrons. The summed E-state index contributed by atoms with van der Waals surface area (Å²) >= 11 is 0. The van der Waals surface area contributed by atoms with Gasteiger partial charge in [-0.1, -0.05) is 25.1 Å². The largest absolute Gasteiger partial charge is 0.454 e. The minimum Gasteiger partial charge on any atom is -0.454 e. The van der Waals surface area contributed by atoms with E-state index in [2.05, 4.69) is 17.9 Å². The molecule has 1 aliphatic rings. The zero-order valence-electron chi connectivity index (χ0n) is 12.0. The smallest absolute Gasteiger partial charge is 0.231 e. The highest BCUT2D eigenvalue weighted by atomic mass is 19.1. The molecule has 1 heterocycles. The molecule has 0 spiro atoms. The van der Waals surface area contributed by atoms with Gasteiger partial charge in [-0.25, -0.2) is 4.39 Å². The minimum atomic E-state index is -0.197. The van der Waals surface area contributed by atoms with E-state index in [1.54, 1.807) is 0 Å². The molecular weight excluding hydrogens is 269 g/mol. The highest BCUT2D eigenvalue weighted by molar-refractivity contribution is 5.44. The maximum Gasteiger partial charge on any atom is 0.231 e. The van der Waals surface area contributed by atoms with Crippen molar-refractivity contribution in [1.82, 2.24) is 4.90 Å². The third kappa shape index (κ3) is 3.34. The molecule has 0 saturated carbocycles. The van der Waals surface area contributed by atoms with E-state index >= 15 is 0 Å². The molecule has 3 nitrogen and oxygen atoms in total. The quantitative estimate of drug-likeness (QED) is 0.839. The second kappa shape index (κ2) is 6.14. The molecule has 21 heavy (non-hydrogen) atoms. The topological polar surface area (TPSA) is 21.7 Å². The predicted molar refractivity (Wildman–Crippen MR) is 78.8 cm³/mol.